The van der Waals surface area contributed by atoms with Crippen molar-refractivity contribution in [3.05, 3.63) is 18.2 Å². The van der Waals surface area contributed by atoms with E-state index in [1.165, 1.54) is 17.4 Å². The molecule has 0 aliphatic carbocycles. The van der Waals surface area contributed by atoms with Gasteiger partial charge in [0.1, 0.15) is 42.3 Å². The number of carbonyl (C=O) groups is 10. The van der Waals surface area contributed by atoms with Crippen molar-refractivity contribution in [3.63, 3.8) is 0 Å². The number of carbonyl (C=O) groups excluding carboxylic acids is 8. The Bertz CT molecular complexity index is 1950. The van der Waals surface area contributed by atoms with Gasteiger partial charge in [-0.1, -0.05) is 68.2 Å². The van der Waals surface area contributed by atoms with Gasteiger partial charge in [-0.3, -0.25) is 43.2 Å². The number of carboxylic acids is 2. The zero-order valence-electron chi connectivity index (χ0n) is 42.5. The average molecular weight is 1010 g/mol. The van der Waals surface area contributed by atoms with Gasteiger partial charge in [0.25, 0.3) is 0 Å². The van der Waals surface area contributed by atoms with E-state index in [2.05, 4.69) is 47.2 Å². The first-order chi connectivity index (χ1) is 33.4. The quantitative estimate of drug-likeness (QED) is 0.0392. The van der Waals surface area contributed by atoms with Crippen LogP contribution in [0.15, 0.2) is 12.5 Å². The fourth-order valence-corrected chi connectivity index (χ4v) is 7.88. The summed E-state index contributed by atoms with van der Waals surface area (Å²) in [5.41, 5.74) is 12.3. The molecular weight excluding hydrogens is 925 g/mol. The second-order valence-electron chi connectivity index (χ2n) is 19.2. The Balaban J connectivity index is 2.36. The molecule has 0 saturated carbocycles. The number of H-pyrrole nitrogens is 1. The smallest absolute Gasteiger partial charge is 0.326 e. The maximum atomic E-state index is 14.4. The Morgan fingerprint density at radius 1 is 0.746 bits per heavy atom. The number of imidazole rings is 1. The minimum Gasteiger partial charge on any atom is -0.481 e. The lowest BCUT2D eigenvalue weighted by Gasteiger charge is -2.32. The minimum atomic E-state index is -1.46. The molecule has 71 heavy (non-hydrogen) atoms. The van der Waals surface area contributed by atoms with Gasteiger partial charge in [-0.05, 0) is 75.2 Å². The highest BCUT2D eigenvalue weighted by molar-refractivity contribution is 5.98. The maximum absolute atomic E-state index is 14.4. The van der Waals surface area contributed by atoms with Gasteiger partial charge >= 0.3 is 11.9 Å². The number of unbranched alkanes of at least 4 members (excludes halogenated alkanes) is 1. The second kappa shape index (κ2) is 30.5. The lowest BCUT2D eigenvalue weighted by Crippen LogP contribution is -2.60. The van der Waals surface area contributed by atoms with E-state index in [-0.39, 0.29) is 57.0 Å². The molecule has 0 unspecified atom stereocenters. The predicted octanol–water partition coefficient (Wildman–Crippen LogP) is -0.832. The summed E-state index contributed by atoms with van der Waals surface area (Å²) >= 11 is 0. The molecule has 1 aromatic rings. The van der Waals surface area contributed by atoms with Crippen molar-refractivity contribution >= 4 is 59.2 Å². The second-order valence-corrected chi connectivity index (χ2v) is 19.2. The Morgan fingerprint density at radius 3 is 1.93 bits per heavy atom. The highest BCUT2D eigenvalue weighted by atomic mass is 16.4. The topological polar surface area (TPSA) is 379 Å². The fourth-order valence-electron chi connectivity index (χ4n) is 7.88. The van der Waals surface area contributed by atoms with Gasteiger partial charge in [-0.2, -0.15) is 0 Å². The lowest BCUT2D eigenvalue weighted by molar-refractivity contribution is -0.144. The van der Waals surface area contributed by atoms with Crippen molar-refractivity contribution in [1.29, 1.82) is 0 Å². The number of rotatable bonds is 32. The molecule has 2 rings (SSSR count). The van der Waals surface area contributed by atoms with Crippen molar-refractivity contribution in [3.8, 4) is 0 Å². The number of aromatic amines is 1. The molecule has 24 heteroatoms. The molecule has 8 amide bonds. The van der Waals surface area contributed by atoms with Crippen LogP contribution in [0.25, 0.3) is 0 Å². The monoisotopic (exact) mass is 1000 g/mol. The molecule has 1 aliphatic heterocycles. The summed E-state index contributed by atoms with van der Waals surface area (Å²) in [5.74, 6) is -9.50. The van der Waals surface area contributed by atoms with Gasteiger partial charge in [0.15, 0.2) is 0 Å². The van der Waals surface area contributed by atoms with Gasteiger partial charge in [0, 0.05) is 31.3 Å². The van der Waals surface area contributed by atoms with E-state index in [0.29, 0.717) is 37.8 Å². The summed E-state index contributed by atoms with van der Waals surface area (Å²) in [5, 5.41) is 37.4. The van der Waals surface area contributed by atoms with Crippen molar-refractivity contribution in [2.75, 3.05) is 19.6 Å². The normalized spacial score (nSPS) is 17.3. The summed E-state index contributed by atoms with van der Waals surface area (Å²) < 4.78 is 0. The minimum absolute atomic E-state index is 0.0486. The molecule has 1 aromatic heterocycles. The first-order valence-electron chi connectivity index (χ1n) is 24.7. The van der Waals surface area contributed by atoms with Gasteiger partial charge < -0.3 is 68.8 Å². The molecule has 1 aliphatic rings. The van der Waals surface area contributed by atoms with Crippen LogP contribution in [0.5, 0.6) is 0 Å². The van der Waals surface area contributed by atoms with Crippen LogP contribution in [-0.2, 0) is 54.4 Å². The molecule has 10 atom stereocenters. The molecule has 1 saturated heterocycles. The number of nitrogens with zero attached hydrogens (tertiary/aromatic N) is 2. The van der Waals surface area contributed by atoms with Crippen LogP contribution >= 0.6 is 0 Å². The first kappa shape index (κ1) is 61.0. The van der Waals surface area contributed by atoms with Crippen LogP contribution in [0.1, 0.15) is 125 Å². The number of amides is 8. The van der Waals surface area contributed by atoms with E-state index >= 15 is 0 Å². The first-order valence-corrected chi connectivity index (χ1v) is 24.7. The molecule has 14 N–H and O–H groups in total. The number of likely N-dealkylation sites (tertiary alicyclic amines) is 1. The molecule has 400 valence electrons. The van der Waals surface area contributed by atoms with Crippen LogP contribution in [0, 0.1) is 23.7 Å². The molecule has 1 fully saturated rings. The summed E-state index contributed by atoms with van der Waals surface area (Å²) in [6, 6.07) is -9.55. The Labute approximate surface area is 415 Å². The van der Waals surface area contributed by atoms with Crippen molar-refractivity contribution in [2.24, 2.45) is 35.1 Å². The number of nitrogens with one attached hydrogen (secondary N) is 8. The molecule has 0 aromatic carbocycles. The number of hydrogen-bond acceptors (Lipinski definition) is 13. The van der Waals surface area contributed by atoms with Gasteiger partial charge in [0.05, 0.1) is 18.9 Å². The third kappa shape index (κ3) is 20.2. The number of carboxylic acid groups (broad SMARTS) is 2. The van der Waals surface area contributed by atoms with Crippen molar-refractivity contribution in [2.45, 2.75) is 174 Å². The third-order valence-electron chi connectivity index (χ3n) is 12.7. The van der Waals surface area contributed by atoms with Crippen LogP contribution in [0.4, 0.5) is 0 Å². The van der Waals surface area contributed by atoms with E-state index in [4.69, 9.17) is 11.5 Å². The summed E-state index contributed by atoms with van der Waals surface area (Å²) in [7, 11) is 0. The average Bonchev–Trinajstić information content (AvgIpc) is 4.04. The summed E-state index contributed by atoms with van der Waals surface area (Å²) in [6.45, 7) is 13.8. The summed E-state index contributed by atoms with van der Waals surface area (Å²) in [4.78, 5) is 141. The fraction of sp³-hybridized carbons (Fsp3) is 0.723. The predicted molar refractivity (Wildman–Crippen MR) is 260 cm³/mol. The van der Waals surface area contributed by atoms with Crippen molar-refractivity contribution < 1.29 is 58.2 Å². The molecule has 0 radical (unpaired) electrons. The zero-order valence-corrected chi connectivity index (χ0v) is 42.5. The van der Waals surface area contributed by atoms with Crippen molar-refractivity contribution in [1.82, 2.24) is 52.1 Å². The molecule has 0 bridgehead atoms. The molecular formula is C47H80N12O12. The molecule has 2 heterocycles. The Hall–Kier alpha value is -6.17. The number of aliphatic carboxylic acids is 2. The summed E-state index contributed by atoms with van der Waals surface area (Å²) in [6.07, 6.45) is 4.46. The Morgan fingerprint density at radius 2 is 1.37 bits per heavy atom. The van der Waals surface area contributed by atoms with Crippen LogP contribution < -0.4 is 48.7 Å². The standard InChI is InChI=1S/C47H80N12O12/c1-9-27(7)37(49)44(67)55-32(20-25(3)4)42(65)53-30(14-11-12-18-48)41(64)54-31(16-17-36(61)62)46(69)59-19-13-15-34(59)43(66)58-39(28(8)10-2)45(68)56-33(21-29-22-50-24-52-29)40(63)51-23-35(60)57-38(26(5)6)47(70)71/h22,24-28,30-34,37-39H,9-21,23,48-49H2,1-8H3,(H,50,52)(H,51,63)(H,53,65)(H,54,64)(H,55,67)(H,56,68)(H,57,60)(H,58,66)(H,61,62)(H,70,71)/t27-,28-,30-,31-,32-,33-,34-,37-,38-,39-/m0/s1. The number of nitrogens with two attached hydrogens (primary N) is 2. The van der Waals surface area contributed by atoms with E-state index in [9.17, 15) is 58.2 Å². The lowest BCUT2D eigenvalue weighted by atomic mass is 9.97. The molecule has 24 nitrogen and oxygen atoms in total. The highest BCUT2D eigenvalue weighted by Crippen LogP contribution is 2.22. The zero-order chi connectivity index (χ0) is 53.5. The van der Waals surface area contributed by atoms with Gasteiger partial charge in [-0.15, -0.1) is 0 Å². The largest absolute Gasteiger partial charge is 0.481 e. The third-order valence-corrected chi connectivity index (χ3v) is 12.7. The number of hydrogen-bond donors (Lipinski definition) is 12. The van der Waals surface area contributed by atoms with E-state index in [1.807, 2.05) is 27.7 Å². The SMILES string of the molecule is CC[C@H](C)[C@H](N)C(=O)N[C@@H](CC(C)C)C(=O)N[C@@H](CCCCN)C(=O)N[C@@H](CCC(=O)O)C(=O)N1CCC[C@H]1C(=O)N[C@H](C(=O)N[C@@H](Cc1cnc[nH]1)C(=O)NCC(=O)N[C@H](C(=O)O)C(C)C)[C@@H](C)CC. The van der Waals surface area contributed by atoms with E-state index < -0.39 is 132 Å². The number of aromatic nitrogens is 2. The van der Waals surface area contributed by atoms with Gasteiger partial charge in [-0.25, -0.2) is 9.78 Å². The van der Waals surface area contributed by atoms with Gasteiger partial charge in [0.2, 0.25) is 47.3 Å². The van der Waals surface area contributed by atoms with Crippen LogP contribution in [0.2, 0.25) is 0 Å². The van der Waals surface area contributed by atoms with Crippen LogP contribution in [-0.4, -0.2) is 152 Å². The highest BCUT2D eigenvalue weighted by Gasteiger charge is 2.41. The van der Waals surface area contributed by atoms with Crippen LogP contribution in [0.3, 0.4) is 0 Å². The Kier molecular flexibility index (Phi) is 26.2. The van der Waals surface area contributed by atoms with E-state index in [0.717, 1.165) is 0 Å². The maximum Gasteiger partial charge on any atom is 0.326 e. The van der Waals surface area contributed by atoms with E-state index in [1.54, 1.807) is 27.7 Å². The molecule has 0 spiro atoms.